The molecule has 0 bridgehead atoms. The number of benzene rings is 1. The van der Waals surface area contributed by atoms with Crippen LogP contribution in [0.25, 0.3) is 0 Å². The topological polar surface area (TPSA) is 12.0 Å². The minimum absolute atomic E-state index is 0.663. The van der Waals surface area contributed by atoms with Crippen molar-refractivity contribution in [2.45, 2.75) is 36.2 Å². The molecule has 80 valence electrons. The lowest BCUT2D eigenvalue weighted by molar-refractivity contribution is 0.541. The monoisotopic (exact) mass is 239 g/mol. The number of hydrogen-bond acceptors (Lipinski definition) is 2. The third-order valence-corrected chi connectivity index (χ3v) is 4.48. The van der Waals surface area contributed by atoms with E-state index in [0.29, 0.717) is 6.04 Å². The Bertz CT molecular complexity index is 376. The van der Waals surface area contributed by atoms with E-state index in [-0.39, 0.29) is 0 Å². The summed E-state index contributed by atoms with van der Waals surface area (Å²) in [5, 5.41) is 4.55. The van der Waals surface area contributed by atoms with Crippen LogP contribution in [0.1, 0.15) is 18.4 Å². The van der Waals surface area contributed by atoms with Crippen molar-refractivity contribution in [3.63, 3.8) is 0 Å². The molecule has 1 aliphatic heterocycles. The molecule has 1 N–H and O–H groups in total. The van der Waals surface area contributed by atoms with E-state index in [9.17, 15) is 0 Å². The predicted molar refractivity (Wildman–Crippen MR) is 65.8 cm³/mol. The SMILES string of the molecule is Clc1ccc2c(c1)SCC(NC1CC1)C2. The van der Waals surface area contributed by atoms with Gasteiger partial charge in [0.05, 0.1) is 0 Å². The van der Waals surface area contributed by atoms with Crippen molar-refractivity contribution in [2.75, 3.05) is 5.75 Å². The first-order chi connectivity index (χ1) is 7.31. The third kappa shape index (κ3) is 2.32. The molecule has 3 rings (SSSR count). The molecule has 1 unspecified atom stereocenters. The maximum absolute atomic E-state index is 5.98. The van der Waals surface area contributed by atoms with Crippen LogP contribution in [0.3, 0.4) is 0 Å². The van der Waals surface area contributed by atoms with Gasteiger partial charge in [0.25, 0.3) is 0 Å². The molecule has 1 aromatic carbocycles. The van der Waals surface area contributed by atoms with Gasteiger partial charge in [0.2, 0.25) is 0 Å². The van der Waals surface area contributed by atoms with Crippen molar-refractivity contribution in [3.05, 3.63) is 28.8 Å². The van der Waals surface area contributed by atoms with E-state index in [1.165, 1.54) is 29.1 Å². The van der Waals surface area contributed by atoms with Crippen LogP contribution in [0, 0.1) is 0 Å². The van der Waals surface area contributed by atoms with Crippen LogP contribution in [-0.2, 0) is 6.42 Å². The first kappa shape index (κ1) is 10.0. The van der Waals surface area contributed by atoms with Gasteiger partial charge in [-0.2, -0.15) is 0 Å². The van der Waals surface area contributed by atoms with Gasteiger partial charge in [-0.25, -0.2) is 0 Å². The van der Waals surface area contributed by atoms with Crippen molar-refractivity contribution in [2.24, 2.45) is 0 Å². The van der Waals surface area contributed by atoms with Gasteiger partial charge in [-0.1, -0.05) is 17.7 Å². The largest absolute Gasteiger partial charge is 0.310 e. The second kappa shape index (κ2) is 4.00. The van der Waals surface area contributed by atoms with Crippen molar-refractivity contribution >= 4 is 23.4 Å². The smallest absolute Gasteiger partial charge is 0.0417 e. The molecule has 2 aliphatic rings. The standard InChI is InChI=1S/C12H14ClNS/c13-9-2-1-8-5-11(14-10-3-4-10)7-15-12(8)6-9/h1-2,6,10-11,14H,3-5,7H2. The van der Waals surface area contributed by atoms with E-state index in [4.69, 9.17) is 11.6 Å². The molecule has 0 aromatic heterocycles. The molecule has 1 atom stereocenters. The van der Waals surface area contributed by atoms with Gasteiger partial charge in [0, 0.05) is 27.8 Å². The lowest BCUT2D eigenvalue weighted by Gasteiger charge is -2.25. The molecule has 0 radical (unpaired) electrons. The summed E-state index contributed by atoms with van der Waals surface area (Å²) in [6, 6.07) is 7.74. The number of hydrogen-bond donors (Lipinski definition) is 1. The van der Waals surface area contributed by atoms with Crippen LogP contribution in [0.5, 0.6) is 0 Å². The zero-order valence-corrected chi connectivity index (χ0v) is 10.1. The Labute approximate surface area is 99.6 Å². The van der Waals surface area contributed by atoms with E-state index in [1.54, 1.807) is 0 Å². The first-order valence-electron chi connectivity index (χ1n) is 5.48. The van der Waals surface area contributed by atoms with Crippen molar-refractivity contribution in [1.82, 2.24) is 5.32 Å². The van der Waals surface area contributed by atoms with E-state index in [1.807, 2.05) is 17.8 Å². The summed E-state index contributed by atoms with van der Waals surface area (Å²) >= 11 is 7.91. The van der Waals surface area contributed by atoms with Crippen molar-refractivity contribution in [1.29, 1.82) is 0 Å². The van der Waals surface area contributed by atoms with Crippen LogP contribution in [-0.4, -0.2) is 17.8 Å². The highest BCUT2D eigenvalue weighted by molar-refractivity contribution is 7.99. The van der Waals surface area contributed by atoms with Crippen LogP contribution in [0.15, 0.2) is 23.1 Å². The minimum atomic E-state index is 0.663. The first-order valence-corrected chi connectivity index (χ1v) is 6.85. The van der Waals surface area contributed by atoms with Gasteiger partial charge in [-0.05, 0) is 37.0 Å². The number of thioether (sulfide) groups is 1. The average Bonchev–Trinajstić information content (AvgIpc) is 3.02. The van der Waals surface area contributed by atoms with Gasteiger partial charge < -0.3 is 5.32 Å². The molecular formula is C12H14ClNS. The lowest BCUT2D eigenvalue weighted by atomic mass is 10.1. The molecule has 1 saturated carbocycles. The van der Waals surface area contributed by atoms with Crippen LogP contribution < -0.4 is 5.32 Å². The number of nitrogens with one attached hydrogen (secondary N) is 1. The van der Waals surface area contributed by atoms with Crippen LogP contribution in [0.4, 0.5) is 0 Å². The van der Waals surface area contributed by atoms with Crippen LogP contribution >= 0.6 is 23.4 Å². The Kier molecular flexibility index (Phi) is 2.67. The molecule has 3 heteroatoms. The van der Waals surface area contributed by atoms with Gasteiger partial charge in [-0.3, -0.25) is 0 Å². The van der Waals surface area contributed by atoms with Gasteiger partial charge in [0.15, 0.2) is 0 Å². The summed E-state index contributed by atoms with van der Waals surface area (Å²) in [6.45, 7) is 0. The zero-order chi connectivity index (χ0) is 10.3. The van der Waals surface area contributed by atoms with Gasteiger partial charge >= 0.3 is 0 Å². The number of rotatable bonds is 2. The Morgan fingerprint density at radius 3 is 2.93 bits per heavy atom. The van der Waals surface area contributed by atoms with Crippen molar-refractivity contribution < 1.29 is 0 Å². The van der Waals surface area contributed by atoms with Gasteiger partial charge in [0.1, 0.15) is 0 Å². The molecule has 0 saturated heterocycles. The van der Waals surface area contributed by atoms with E-state index in [2.05, 4.69) is 17.4 Å². The summed E-state index contributed by atoms with van der Waals surface area (Å²) in [5.74, 6) is 1.18. The molecule has 1 aromatic rings. The Morgan fingerprint density at radius 2 is 2.13 bits per heavy atom. The minimum Gasteiger partial charge on any atom is -0.310 e. The Hall–Kier alpha value is -0.180. The normalized spacial score (nSPS) is 25.0. The zero-order valence-electron chi connectivity index (χ0n) is 8.50. The molecule has 1 fully saturated rings. The molecule has 15 heavy (non-hydrogen) atoms. The number of halogens is 1. The van der Waals surface area contributed by atoms with E-state index < -0.39 is 0 Å². The maximum atomic E-state index is 5.98. The second-order valence-electron chi connectivity index (χ2n) is 4.41. The fraction of sp³-hybridized carbons (Fsp3) is 0.500. The molecule has 0 amide bonds. The van der Waals surface area contributed by atoms with E-state index >= 15 is 0 Å². The van der Waals surface area contributed by atoms with E-state index in [0.717, 1.165) is 17.5 Å². The predicted octanol–water partition coefficient (Wildman–Crippen LogP) is 3.11. The molecule has 0 spiro atoms. The Morgan fingerprint density at radius 1 is 1.27 bits per heavy atom. The lowest BCUT2D eigenvalue weighted by Crippen LogP contribution is -2.36. The third-order valence-electron chi connectivity index (χ3n) is 2.98. The highest BCUT2D eigenvalue weighted by atomic mass is 35.5. The maximum Gasteiger partial charge on any atom is 0.0417 e. The highest BCUT2D eigenvalue weighted by Crippen LogP contribution is 2.33. The summed E-state index contributed by atoms with van der Waals surface area (Å²) in [7, 11) is 0. The fourth-order valence-corrected chi connectivity index (χ4v) is 3.42. The van der Waals surface area contributed by atoms with Crippen molar-refractivity contribution in [3.8, 4) is 0 Å². The summed E-state index contributed by atoms with van der Waals surface area (Å²) < 4.78 is 0. The summed E-state index contributed by atoms with van der Waals surface area (Å²) in [6.07, 6.45) is 3.90. The second-order valence-corrected chi connectivity index (χ2v) is 5.90. The quantitative estimate of drug-likeness (QED) is 0.851. The van der Waals surface area contributed by atoms with Gasteiger partial charge in [-0.15, -0.1) is 11.8 Å². The fourth-order valence-electron chi connectivity index (χ4n) is 2.04. The number of fused-ring (bicyclic) bond motifs is 1. The Balaban J connectivity index is 1.74. The summed E-state index contributed by atoms with van der Waals surface area (Å²) in [4.78, 5) is 1.37. The molecule has 1 heterocycles. The average molecular weight is 240 g/mol. The molecule has 1 nitrogen and oxygen atoms in total. The van der Waals surface area contributed by atoms with Crippen LogP contribution in [0.2, 0.25) is 5.02 Å². The molecule has 1 aliphatic carbocycles. The highest BCUT2D eigenvalue weighted by Gasteiger charge is 2.27. The summed E-state index contributed by atoms with van der Waals surface area (Å²) in [5.41, 5.74) is 1.45. The molecular weight excluding hydrogens is 226 g/mol.